The van der Waals surface area contributed by atoms with Crippen molar-refractivity contribution in [1.82, 2.24) is 19.6 Å². The van der Waals surface area contributed by atoms with E-state index in [-0.39, 0.29) is 0 Å². The number of benzene rings is 1. The van der Waals surface area contributed by atoms with Gasteiger partial charge in [0.25, 0.3) is 0 Å². The third-order valence-corrected chi connectivity index (χ3v) is 3.65. The molecule has 112 valence electrons. The zero-order valence-electron chi connectivity index (χ0n) is 12.4. The van der Waals surface area contributed by atoms with Crippen molar-refractivity contribution in [3.8, 4) is 11.3 Å². The SMILES string of the molecule is c1ccc(-c2cnc3ccc(NCc4ccncc4)nn23)cc1. The van der Waals surface area contributed by atoms with Crippen LogP contribution < -0.4 is 5.32 Å². The third kappa shape index (κ3) is 2.76. The molecular weight excluding hydrogens is 286 g/mol. The number of fused-ring (bicyclic) bond motifs is 1. The molecule has 0 atom stereocenters. The Morgan fingerprint density at radius 2 is 1.74 bits per heavy atom. The highest BCUT2D eigenvalue weighted by atomic mass is 15.3. The first-order chi connectivity index (χ1) is 11.4. The number of nitrogens with zero attached hydrogens (tertiary/aromatic N) is 4. The minimum absolute atomic E-state index is 0.705. The summed E-state index contributed by atoms with van der Waals surface area (Å²) >= 11 is 0. The largest absolute Gasteiger partial charge is 0.365 e. The van der Waals surface area contributed by atoms with E-state index in [1.165, 1.54) is 0 Å². The number of aromatic nitrogens is 4. The van der Waals surface area contributed by atoms with Gasteiger partial charge in [0.1, 0.15) is 5.82 Å². The van der Waals surface area contributed by atoms with Crippen LogP contribution in [0.2, 0.25) is 0 Å². The summed E-state index contributed by atoms with van der Waals surface area (Å²) in [5.41, 5.74) is 4.07. The molecule has 0 bridgehead atoms. The molecule has 0 fully saturated rings. The molecule has 0 aliphatic heterocycles. The number of anilines is 1. The molecule has 3 aromatic heterocycles. The molecule has 5 nitrogen and oxygen atoms in total. The minimum atomic E-state index is 0.705. The van der Waals surface area contributed by atoms with E-state index in [0.29, 0.717) is 6.54 Å². The van der Waals surface area contributed by atoms with Gasteiger partial charge in [0.2, 0.25) is 0 Å². The van der Waals surface area contributed by atoms with E-state index in [4.69, 9.17) is 0 Å². The fourth-order valence-corrected chi connectivity index (χ4v) is 2.47. The Morgan fingerprint density at radius 3 is 2.57 bits per heavy atom. The van der Waals surface area contributed by atoms with Crippen molar-refractivity contribution in [2.75, 3.05) is 5.32 Å². The Kier molecular flexibility index (Phi) is 3.44. The summed E-state index contributed by atoms with van der Waals surface area (Å²) in [5, 5.41) is 7.99. The zero-order chi connectivity index (χ0) is 15.5. The fraction of sp³-hybridized carbons (Fsp3) is 0.0556. The number of hydrogen-bond acceptors (Lipinski definition) is 4. The normalized spacial score (nSPS) is 10.8. The highest BCUT2D eigenvalue weighted by Crippen LogP contribution is 2.20. The lowest BCUT2D eigenvalue weighted by Crippen LogP contribution is -2.04. The van der Waals surface area contributed by atoms with Gasteiger partial charge in [0.05, 0.1) is 11.9 Å². The third-order valence-electron chi connectivity index (χ3n) is 3.65. The lowest BCUT2D eigenvalue weighted by Gasteiger charge is -2.07. The van der Waals surface area contributed by atoms with Crippen LogP contribution in [-0.2, 0) is 6.54 Å². The lowest BCUT2D eigenvalue weighted by atomic mass is 10.2. The van der Waals surface area contributed by atoms with Crippen molar-refractivity contribution < 1.29 is 0 Å². The van der Waals surface area contributed by atoms with Gasteiger partial charge in [0, 0.05) is 24.5 Å². The quantitative estimate of drug-likeness (QED) is 0.627. The second-order valence-electron chi connectivity index (χ2n) is 5.21. The van der Waals surface area contributed by atoms with Crippen LogP contribution in [0.1, 0.15) is 5.56 Å². The van der Waals surface area contributed by atoms with Crippen molar-refractivity contribution in [2.45, 2.75) is 6.54 Å². The minimum Gasteiger partial charge on any atom is -0.365 e. The van der Waals surface area contributed by atoms with Crippen LogP contribution in [-0.4, -0.2) is 19.6 Å². The van der Waals surface area contributed by atoms with Gasteiger partial charge < -0.3 is 5.32 Å². The van der Waals surface area contributed by atoms with Crippen LogP contribution in [0.4, 0.5) is 5.82 Å². The summed E-state index contributed by atoms with van der Waals surface area (Å²) in [6.07, 6.45) is 5.43. The molecule has 0 saturated carbocycles. The number of nitrogens with one attached hydrogen (secondary N) is 1. The molecule has 0 radical (unpaired) electrons. The molecule has 4 rings (SSSR count). The van der Waals surface area contributed by atoms with Gasteiger partial charge in [-0.25, -0.2) is 9.50 Å². The van der Waals surface area contributed by atoms with E-state index in [2.05, 4.69) is 32.5 Å². The Bertz CT molecular complexity index is 916. The molecule has 1 aromatic carbocycles. The van der Waals surface area contributed by atoms with Crippen molar-refractivity contribution in [2.24, 2.45) is 0 Å². The maximum Gasteiger partial charge on any atom is 0.154 e. The molecular formula is C18H15N5. The smallest absolute Gasteiger partial charge is 0.154 e. The molecule has 4 aromatic rings. The van der Waals surface area contributed by atoms with Gasteiger partial charge in [-0.15, -0.1) is 5.10 Å². The predicted molar refractivity (Wildman–Crippen MR) is 90.0 cm³/mol. The van der Waals surface area contributed by atoms with Crippen molar-refractivity contribution in [3.05, 3.63) is 78.8 Å². The first-order valence-corrected chi connectivity index (χ1v) is 7.43. The first-order valence-electron chi connectivity index (χ1n) is 7.43. The second kappa shape index (κ2) is 5.88. The summed E-state index contributed by atoms with van der Waals surface area (Å²) in [5.74, 6) is 0.810. The van der Waals surface area contributed by atoms with Crippen LogP contribution in [0.5, 0.6) is 0 Å². The topological polar surface area (TPSA) is 55.1 Å². The van der Waals surface area contributed by atoms with E-state index < -0.39 is 0 Å². The second-order valence-corrected chi connectivity index (χ2v) is 5.21. The van der Waals surface area contributed by atoms with Gasteiger partial charge in [-0.2, -0.15) is 0 Å². The summed E-state index contributed by atoms with van der Waals surface area (Å²) in [4.78, 5) is 8.44. The maximum absolute atomic E-state index is 4.65. The highest BCUT2D eigenvalue weighted by Gasteiger charge is 2.07. The Morgan fingerprint density at radius 1 is 0.913 bits per heavy atom. The molecule has 0 saturated heterocycles. The zero-order valence-corrected chi connectivity index (χ0v) is 12.4. The fourth-order valence-electron chi connectivity index (χ4n) is 2.47. The number of hydrogen-bond donors (Lipinski definition) is 1. The predicted octanol–water partition coefficient (Wildman–Crippen LogP) is 3.40. The van der Waals surface area contributed by atoms with E-state index in [9.17, 15) is 0 Å². The van der Waals surface area contributed by atoms with Gasteiger partial charge >= 0.3 is 0 Å². The molecule has 0 amide bonds. The summed E-state index contributed by atoms with van der Waals surface area (Å²) in [6, 6.07) is 18.0. The molecule has 0 spiro atoms. The number of pyridine rings is 1. The van der Waals surface area contributed by atoms with Gasteiger partial charge in [-0.3, -0.25) is 4.98 Å². The molecule has 0 aliphatic rings. The molecule has 23 heavy (non-hydrogen) atoms. The van der Waals surface area contributed by atoms with Crippen LogP contribution in [0.3, 0.4) is 0 Å². The van der Waals surface area contributed by atoms with Crippen LogP contribution in [0, 0.1) is 0 Å². The Hall–Kier alpha value is -3.21. The maximum atomic E-state index is 4.65. The van der Waals surface area contributed by atoms with E-state index >= 15 is 0 Å². The standard InChI is InChI=1S/C18H15N5/c1-2-4-15(5-3-1)16-13-21-18-7-6-17(22-23(16)18)20-12-14-8-10-19-11-9-14/h1-11,13H,12H2,(H,20,22). The van der Waals surface area contributed by atoms with E-state index in [1.54, 1.807) is 12.4 Å². The summed E-state index contributed by atoms with van der Waals surface area (Å²) in [7, 11) is 0. The van der Waals surface area contributed by atoms with Crippen LogP contribution in [0.25, 0.3) is 16.9 Å². The van der Waals surface area contributed by atoms with Gasteiger partial charge in [-0.05, 0) is 29.8 Å². The molecule has 3 heterocycles. The molecule has 0 aliphatic carbocycles. The first kappa shape index (κ1) is 13.5. The van der Waals surface area contributed by atoms with E-state index in [0.717, 1.165) is 28.3 Å². The van der Waals surface area contributed by atoms with E-state index in [1.807, 2.05) is 53.2 Å². The number of rotatable bonds is 4. The molecule has 0 unspecified atom stereocenters. The summed E-state index contributed by atoms with van der Waals surface area (Å²) in [6.45, 7) is 0.705. The number of imidazole rings is 1. The van der Waals surface area contributed by atoms with Crippen LogP contribution >= 0.6 is 0 Å². The highest BCUT2D eigenvalue weighted by molar-refractivity contribution is 5.63. The molecule has 5 heteroatoms. The molecule has 1 N–H and O–H groups in total. The van der Waals surface area contributed by atoms with Crippen molar-refractivity contribution >= 4 is 11.5 Å². The van der Waals surface area contributed by atoms with Crippen molar-refractivity contribution in [3.63, 3.8) is 0 Å². The van der Waals surface area contributed by atoms with Gasteiger partial charge in [0.15, 0.2) is 5.65 Å². The van der Waals surface area contributed by atoms with Crippen LogP contribution in [0.15, 0.2) is 73.2 Å². The monoisotopic (exact) mass is 301 g/mol. The van der Waals surface area contributed by atoms with Crippen molar-refractivity contribution in [1.29, 1.82) is 0 Å². The average molecular weight is 301 g/mol. The lowest BCUT2D eigenvalue weighted by molar-refractivity contribution is 0.930. The van der Waals surface area contributed by atoms with Gasteiger partial charge in [-0.1, -0.05) is 30.3 Å². The Labute approximate surface area is 133 Å². The Balaban J connectivity index is 1.65. The average Bonchev–Trinajstić information content (AvgIpc) is 3.05. The summed E-state index contributed by atoms with van der Waals surface area (Å²) < 4.78 is 1.87.